The van der Waals surface area contributed by atoms with Crippen LogP contribution < -0.4 is 11.0 Å². The van der Waals surface area contributed by atoms with E-state index in [0.29, 0.717) is 30.3 Å². The van der Waals surface area contributed by atoms with Gasteiger partial charge in [-0.2, -0.15) is 5.10 Å². The Hall–Kier alpha value is -1.90. The Morgan fingerprint density at radius 1 is 1.55 bits per heavy atom. The molecule has 0 aromatic carbocycles. The minimum absolute atomic E-state index is 0.263. The number of aromatic nitrogens is 4. The number of nitrogens with one attached hydrogen (secondary N) is 2. The molecule has 108 valence electrons. The van der Waals surface area contributed by atoms with E-state index in [9.17, 15) is 13.2 Å². The summed E-state index contributed by atoms with van der Waals surface area (Å²) in [6.45, 7) is 2.03. The fourth-order valence-corrected chi connectivity index (χ4v) is 4.26. The van der Waals surface area contributed by atoms with Crippen molar-refractivity contribution in [1.82, 2.24) is 19.6 Å². The van der Waals surface area contributed by atoms with Gasteiger partial charge in [-0.3, -0.25) is 0 Å². The van der Waals surface area contributed by atoms with Gasteiger partial charge >= 0.3 is 5.69 Å². The summed E-state index contributed by atoms with van der Waals surface area (Å²) in [6.07, 6.45) is 1.40. The average molecular weight is 297 g/mol. The van der Waals surface area contributed by atoms with E-state index in [4.69, 9.17) is 0 Å². The standard InChI is InChI=1S/C11H15N5O3S/c1-7-13-9(5-10-14-15-11(17)16(7)10)12-6-8-3-2-4-20(8,18)19/h5,8,12H,2-4,6H2,1H3,(H,15,17). The number of aromatic amines is 1. The zero-order valence-electron chi connectivity index (χ0n) is 11.0. The van der Waals surface area contributed by atoms with Crippen LogP contribution in [0, 0.1) is 6.92 Å². The number of rotatable bonds is 3. The van der Waals surface area contributed by atoms with Gasteiger partial charge in [-0.15, -0.1) is 0 Å². The van der Waals surface area contributed by atoms with E-state index in [1.807, 2.05) is 0 Å². The Kier molecular flexibility index (Phi) is 3.00. The highest BCUT2D eigenvalue weighted by atomic mass is 32.2. The number of hydrogen-bond donors (Lipinski definition) is 2. The van der Waals surface area contributed by atoms with E-state index in [2.05, 4.69) is 20.5 Å². The predicted molar refractivity (Wildman–Crippen MR) is 73.6 cm³/mol. The number of hydrogen-bond acceptors (Lipinski definition) is 6. The third-order valence-corrected chi connectivity index (χ3v) is 5.82. The van der Waals surface area contributed by atoms with Gasteiger partial charge in [-0.1, -0.05) is 0 Å². The molecule has 0 saturated carbocycles. The van der Waals surface area contributed by atoms with Gasteiger partial charge in [0.15, 0.2) is 15.5 Å². The molecule has 2 aromatic heterocycles. The Labute approximate surface area is 115 Å². The van der Waals surface area contributed by atoms with Crippen LogP contribution in [0.25, 0.3) is 5.65 Å². The summed E-state index contributed by atoms with van der Waals surface area (Å²) in [5, 5.41) is 8.89. The van der Waals surface area contributed by atoms with E-state index in [-0.39, 0.29) is 16.7 Å². The van der Waals surface area contributed by atoms with Gasteiger partial charge in [-0.05, 0) is 19.8 Å². The minimum atomic E-state index is -2.97. The first-order chi connectivity index (χ1) is 9.47. The molecule has 1 saturated heterocycles. The molecule has 3 heterocycles. The molecule has 3 rings (SSSR count). The molecule has 0 spiro atoms. The molecular formula is C11H15N5O3S. The van der Waals surface area contributed by atoms with E-state index < -0.39 is 9.84 Å². The van der Waals surface area contributed by atoms with Crippen LogP contribution in [-0.4, -0.2) is 45.5 Å². The molecule has 0 bridgehead atoms. The van der Waals surface area contributed by atoms with E-state index in [0.717, 1.165) is 6.42 Å². The van der Waals surface area contributed by atoms with Crippen molar-refractivity contribution in [3.8, 4) is 0 Å². The first kappa shape index (κ1) is 13.1. The quantitative estimate of drug-likeness (QED) is 0.806. The smallest absolute Gasteiger partial charge is 0.349 e. The SMILES string of the molecule is Cc1nc(NCC2CCCS2(=O)=O)cc2n[nH]c(=O)n12. The Bertz CT molecular complexity index is 807. The Morgan fingerprint density at radius 2 is 2.35 bits per heavy atom. The number of sulfone groups is 1. The summed E-state index contributed by atoms with van der Waals surface area (Å²) in [5.41, 5.74) is 0.120. The summed E-state index contributed by atoms with van der Waals surface area (Å²) in [7, 11) is -2.97. The minimum Gasteiger partial charge on any atom is -0.369 e. The lowest BCUT2D eigenvalue weighted by Gasteiger charge is -2.11. The first-order valence-electron chi connectivity index (χ1n) is 6.37. The second-order valence-corrected chi connectivity index (χ2v) is 7.32. The molecule has 8 nitrogen and oxygen atoms in total. The number of anilines is 1. The second kappa shape index (κ2) is 4.58. The van der Waals surface area contributed by atoms with Crippen LogP contribution in [0.5, 0.6) is 0 Å². The van der Waals surface area contributed by atoms with Gasteiger partial charge in [0, 0.05) is 12.6 Å². The predicted octanol–water partition coefficient (Wildman–Crippen LogP) is -0.285. The molecule has 0 aliphatic carbocycles. The fraction of sp³-hybridized carbons (Fsp3) is 0.545. The fourth-order valence-electron chi connectivity index (χ4n) is 2.49. The maximum absolute atomic E-state index is 11.7. The largest absolute Gasteiger partial charge is 0.369 e. The molecule has 0 radical (unpaired) electrons. The van der Waals surface area contributed by atoms with Crippen molar-refractivity contribution < 1.29 is 8.42 Å². The van der Waals surface area contributed by atoms with Gasteiger partial charge in [0.05, 0.1) is 11.0 Å². The summed E-state index contributed by atoms with van der Waals surface area (Å²) in [6, 6.07) is 1.62. The van der Waals surface area contributed by atoms with Crippen molar-refractivity contribution in [3.63, 3.8) is 0 Å². The third kappa shape index (κ3) is 2.17. The molecule has 1 unspecified atom stereocenters. The highest BCUT2D eigenvalue weighted by Gasteiger charge is 2.30. The van der Waals surface area contributed by atoms with Crippen LogP contribution in [0.15, 0.2) is 10.9 Å². The lowest BCUT2D eigenvalue weighted by Crippen LogP contribution is -2.25. The molecule has 1 fully saturated rings. The van der Waals surface area contributed by atoms with Crippen molar-refractivity contribution in [1.29, 1.82) is 0 Å². The molecule has 1 aliphatic rings. The highest BCUT2D eigenvalue weighted by molar-refractivity contribution is 7.92. The van der Waals surface area contributed by atoms with Crippen molar-refractivity contribution in [3.05, 3.63) is 22.4 Å². The summed E-state index contributed by atoms with van der Waals surface area (Å²) >= 11 is 0. The Morgan fingerprint density at radius 3 is 3.05 bits per heavy atom. The summed E-state index contributed by atoms with van der Waals surface area (Å²) in [5.74, 6) is 1.29. The lowest BCUT2D eigenvalue weighted by atomic mass is 10.2. The maximum Gasteiger partial charge on any atom is 0.349 e. The van der Waals surface area contributed by atoms with Gasteiger partial charge in [0.25, 0.3) is 0 Å². The third-order valence-electron chi connectivity index (χ3n) is 3.54. The molecule has 9 heteroatoms. The van der Waals surface area contributed by atoms with Gasteiger partial charge in [0.1, 0.15) is 11.6 Å². The van der Waals surface area contributed by atoms with E-state index in [1.54, 1.807) is 13.0 Å². The van der Waals surface area contributed by atoms with Crippen LogP contribution in [-0.2, 0) is 9.84 Å². The van der Waals surface area contributed by atoms with Crippen molar-refractivity contribution in [2.45, 2.75) is 25.0 Å². The number of fused-ring (bicyclic) bond motifs is 1. The molecule has 0 amide bonds. The van der Waals surface area contributed by atoms with Crippen molar-refractivity contribution >= 4 is 21.3 Å². The highest BCUT2D eigenvalue weighted by Crippen LogP contribution is 2.20. The molecule has 1 aliphatic heterocycles. The molecule has 2 N–H and O–H groups in total. The van der Waals surface area contributed by atoms with E-state index >= 15 is 0 Å². The topological polar surface area (TPSA) is 109 Å². The molecule has 2 aromatic rings. The van der Waals surface area contributed by atoms with Gasteiger partial charge in [0.2, 0.25) is 0 Å². The second-order valence-electron chi connectivity index (χ2n) is 4.92. The normalized spacial score (nSPS) is 21.4. The van der Waals surface area contributed by atoms with Gasteiger partial charge in [-0.25, -0.2) is 27.7 Å². The van der Waals surface area contributed by atoms with Crippen molar-refractivity contribution in [2.75, 3.05) is 17.6 Å². The zero-order valence-corrected chi connectivity index (χ0v) is 11.8. The van der Waals surface area contributed by atoms with Crippen LogP contribution in [0.2, 0.25) is 0 Å². The molecule has 20 heavy (non-hydrogen) atoms. The van der Waals surface area contributed by atoms with Crippen LogP contribution >= 0.6 is 0 Å². The Balaban J connectivity index is 1.83. The molecule has 1 atom stereocenters. The maximum atomic E-state index is 11.7. The number of nitrogens with zero attached hydrogens (tertiary/aromatic N) is 3. The molecular weight excluding hydrogens is 282 g/mol. The van der Waals surface area contributed by atoms with Gasteiger partial charge < -0.3 is 5.32 Å². The van der Waals surface area contributed by atoms with Crippen LogP contribution in [0.3, 0.4) is 0 Å². The monoisotopic (exact) mass is 297 g/mol. The van der Waals surface area contributed by atoms with E-state index in [1.165, 1.54) is 4.40 Å². The number of H-pyrrole nitrogens is 1. The van der Waals surface area contributed by atoms with Crippen LogP contribution in [0.1, 0.15) is 18.7 Å². The lowest BCUT2D eigenvalue weighted by molar-refractivity contribution is 0.591. The summed E-state index contributed by atoms with van der Waals surface area (Å²) < 4.78 is 24.8. The number of aryl methyl sites for hydroxylation is 1. The van der Waals surface area contributed by atoms with Crippen LogP contribution in [0.4, 0.5) is 5.82 Å². The summed E-state index contributed by atoms with van der Waals surface area (Å²) in [4.78, 5) is 15.7. The van der Waals surface area contributed by atoms with Crippen molar-refractivity contribution in [2.24, 2.45) is 0 Å². The average Bonchev–Trinajstić information content (AvgIpc) is 2.90. The first-order valence-corrected chi connectivity index (χ1v) is 8.09. The zero-order chi connectivity index (χ0) is 14.3.